The molecule has 1 fully saturated rings. The first-order valence-electron chi connectivity index (χ1n) is 10.8. The number of piperazine rings is 1. The SMILES string of the molecule is CN=C(NCc1ccc(Cn2ccccc2=O)cc1)N1CCN(c2ccc(F)cc2)CC1. The van der Waals surface area contributed by atoms with E-state index < -0.39 is 0 Å². The lowest BCUT2D eigenvalue weighted by molar-refractivity contribution is 0.372. The Morgan fingerprint density at radius 1 is 0.938 bits per heavy atom. The third-order valence-electron chi connectivity index (χ3n) is 5.71. The number of halogens is 1. The molecule has 7 heteroatoms. The second-order valence-corrected chi connectivity index (χ2v) is 7.83. The molecule has 1 aliphatic heterocycles. The maximum Gasteiger partial charge on any atom is 0.250 e. The van der Waals surface area contributed by atoms with Gasteiger partial charge in [-0.1, -0.05) is 30.3 Å². The molecular formula is C25H28FN5O. The summed E-state index contributed by atoms with van der Waals surface area (Å²) in [5.74, 6) is 0.669. The fourth-order valence-corrected chi connectivity index (χ4v) is 3.89. The van der Waals surface area contributed by atoms with E-state index in [-0.39, 0.29) is 11.4 Å². The number of nitrogens with one attached hydrogen (secondary N) is 1. The first-order chi connectivity index (χ1) is 15.6. The second-order valence-electron chi connectivity index (χ2n) is 7.83. The normalized spacial score (nSPS) is 14.5. The highest BCUT2D eigenvalue weighted by molar-refractivity contribution is 5.80. The van der Waals surface area contributed by atoms with Gasteiger partial charge in [-0.05, 0) is 41.5 Å². The van der Waals surface area contributed by atoms with Crippen molar-refractivity contribution < 1.29 is 4.39 Å². The summed E-state index contributed by atoms with van der Waals surface area (Å²) < 4.78 is 14.9. The van der Waals surface area contributed by atoms with Crippen LogP contribution >= 0.6 is 0 Å². The van der Waals surface area contributed by atoms with Gasteiger partial charge in [0.25, 0.3) is 5.56 Å². The number of rotatable bonds is 5. The highest BCUT2D eigenvalue weighted by Gasteiger charge is 2.19. The molecule has 0 spiro atoms. The molecule has 0 amide bonds. The van der Waals surface area contributed by atoms with Crippen LogP contribution in [0.4, 0.5) is 10.1 Å². The van der Waals surface area contributed by atoms with E-state index in [1.54, 1.807) is 29.9 Å². The van der Waals surface area contributed by atoms with Gasteiger partial charge in [-0.2, -0.15) is 0 Å². The first kappa shape index (κ1) is 21.6. The van der Waals surface area contributed by atoms with Crippen LogP contribution in [0.5, 0.6) is 0 Å². The number of hydrogen-bond acceptors (Lipinski definition) is 3. The van der Waals surface area contributed by atoms with Crippen molar-refractivity contribution in [2.24, 2.45) is 4.99 Å². The van der Waals surface area contributed by atoms with E-state index in [4.69, 9.17) is 0 Å². The van der Waals surface area contributed by atoms with Crippen molar-refractivity contribution in [2.75, 3.05) is 38.1 Å². The molecule has 4 rings (SSSR count). The molecule has 0 atom stereocenters. The van der Waals surface area contributed by atoms with E-state index in [9.17, 15) is 9.18 Å². The molecule has 6 nitrogen and oxygen atoms in total. The summed E-state index contributed by atoms with van der Waals surface area (Å²) in [6.07, 6.45) is 1.80. The van der Waals surface area contributed by atoms with Gasteiger partial charge in [-0.25, -0.2) is 4.39 Å². The van der Waals surface area contributed by atoms with Gasteiger partial charge in [-0.3, -0.25) is 9.79 Å². The van der Waals surface area contributed by atoms with Crippen LogP contribution in [0.25, 0.3) is 0 Å². The minimum Gasteiger partial charge on any atom is -0.368 e. The van der Waals surface area contributed by atoms with Gasteiger partial charge in [0.1, 0.15) is 5.82 Å². The smallest absolute Gasteiger partial charge is 0.250 e. The van der Waals surface area contributed by atoms with Crippen LogP contribution in [-0.2, 0) is 13.1 Å². The van der Waals surface area contributed by atoms with Gasteiger partial charge in [0.05, 0.1) is 6.54 Å². The molecule has 0 saturated carbocycles. The lowest BCUT2D eigenvalue weighted by atomic mass is 10.1. The number of aliphatic imine (C=N–C) groups is 1. The molecule has 0 bridgehead atoms. The molecule has 32 heavy (non-hydrogen) atoms. The molecule has 3 aromatic rings. The summed E-state index contributed by atoms with van der Waals surface area (Å²) in [5, 5.41) is 3.45. The summed E-state index contributed by atoms with van der Waals surface area (Å²) in [6.45, 7) is 4.66. The third kappa shape index (κ3) is 5.35. The Labute approximate surface area is 187 Å². The number of guanidine groups is 1. The molecular weight excluding hydrogens is 405 g/mol. The van der Waals surface area contributed by atoms with Crippen LogP contribution in [0, 0.1) is 5.82 Å². The third-order valence-corrected chi connectivity index (χ3v) is 5.71. The standard InChI is InChI=1S/C25H28FN5O/c1-27-25(30-16-14-29(15-17-30)23-11-9-22(26)10-12-23)28-18-20-5-7-21(8-6-20)19-31-13-3-2-4-24(31)32/h2-13H,14-19H2,1H3,(H,27,28). The fourth-order valence-electron chi connectivity index (χ4n) is 3.89. The maximum atomic E-state index is 13.2. The number of hydrogen-bond donors (Lipinski definition) is 1. The van der Waals surface area contributed by atoms with Crippen molar-refractivity contribution >= 4 is 11.6 Å². The monoisotopic (exact) mass is 433 g/mol. The van der Waals surface area contributed by atoms with E-state index in [1.807, 2.05) is 18.2 Å². The average Bonchev–Trinajstić information content (AvgIpc) is 2.83. The van der Waals surface area contributed by atoms with Gasteiger partial charge < -0.3 is 19.7 Å². The molecule has 166 valence electrons. The van der Waals surface area contributed by atoms with Crippen LogP contribution < -0.4 is 15.8 Å². The lowest BCUT2D eigenvalue weighted by Crippen LogP contribution is -2.52. The second kappa shape index (κ2) is 10.1. The van der Waals surface area contributed by atoms with Crippen molar-refractivity contribution in [2.45, 2.75) is 13.1 Å². The topological polar surface area (TPSA) is 52.9 Å². The summed E-state index contributed by atoms with van der Waals surface area (Å²) >= 11 is 0. The zero-order chi connectivity index (χ0) is 22.3. The van der Waals surface area contributed by atoms with E-state index in [1.165, 1.54) is 12.1 Å². The molecule has 1 saturated heterocycles. The van der Waals surface area contributed by atoms with Gasteiger partial charge in [0.2, 0.25) is 0 Å². The van der Waals surface area contributed by atoms with Crippen molar-refractivity contribution in [3.05, 3.63) is 100 Å². The number of pyridine rings is 1. The lowest BCUT2D eigenvalue weighted by Gasteiger charge is -2.37. The highest BCUT2D eigenvalue weighted by atomic mass is 19.1. The molecule has 1 aromatic heterocycles. The number of aromatic nitrogens is 1. The predicted octanol–water partition coefficient (Wildman–Crippen LogP) is 2.93. The Morgan fingerprint density at radius 2 is 1.62 bits per heavy atom. The maximum absolute atomic E-state index is 13.2. The molecule has 1 aliphatic rings. The Hall–Kier alpha value is -3.61. The Morgan fingerprint density at radius 3 is 2.28 bits per heavy atom. The predicted molar refractivity (Wildman–Crippen MR) is 127 cm³/mol. The fraction of sp³-hybridized carbons (Fsp3) is 0.280. The van der Waals surface area contributed by atoms with Crippen molar-refractivity contribution in [1.29, 1.82) is 0 Å². The minimum atomic E-state index is -0.209. The van der Waals surface area contributed by atoms with Crippen molar-refractivity contribution in [3.63, 3.8) is 0 Å². The Kier molecular flexibility index (Phi) is 6.84. The van der Waals surface area contributed by atoms with Crippen LogP contribution in [-0.4, -0.2) is 48.7 Å². The summed E-state index contributed by atoms with van der Waals surface area (Å²) in [4.78, 5) is 20.8. The Balaban J connectivity index is 1.29. The zero-order valence-corrected chi connectivity index (χ0v) is 18.2. The van der Waals surface area contributed by atoms with Crippen LogP contribution in [0.3, 0.4) is 0 Å². The number of benzene rings is 2. The van der Waals surface area contributed by atoms with E-state index >= 15 is 0 Å². The van der Waals surface area contributed by atoms with Gasteiger partial charge in [0, 0.05) is 57.7 Å². The number of anilines is 1. The van der Waals surface area contributed by atoms with Crippen LogP contribution in [0.15, 0.2) is 82.7 Å². The average molecular weight is 434 g/mol. The zero-order valence-electron chi connectivity index (χ0n) is 18.2. The Bertz CT molecular complexity index is 1100. The van der Waals surface area contributed by atoms with Crippen LogP contribution in [0.2, 0.25) is 0 Å². The molecule has 1 N–H and O–H groups in total. The van der Waals surface area contributed by atoms with E-state index in [2.05, 4.69) is 44.4 Å². The number of nitrogens with zero attached hydrogens (tertiary/aromatic N) is 4. The van der Waals surface area contributed by atoms with Gasteiger partial charge >= 0.3 is 0 Å². The summed E-state index contributed by atoms with van der Waals surface area (Å²) in [7, 11) is 1.80. The van der Waals surface area contributed by atoms with Gasteiger partial charge in [-0.15, -0.1) is 0 Å². The molecule has 0 aliphatic carbocycles. The largest absolute Gasteiger partial charge is 0.368 e. The summed E-state index contributed by atoms with van der Waals surface area (Å²) in [6, 6.07) is 20.1. The highest BCUT2D eigenvalue weighted by Crippen LogP contribution is 2.17. The van der Waals surface area contributed by atoms with Crippen molar-refractivity contribution in [3.8, 4) is 0 Å². The molecule has 0 radical (unpaired) electrons. The van der Waals surface area contributed by atoms with Gasteiger partial charge in [0.15, 0.2) is 5.96 Å². The minimum absolute atomic E-state index is 0.00145. The molecule has 2 heterocycles. The molecule has 0 unspecified atom stereocenters. The first-order valence-corrected chi connectivity index (χ1v) is 10.8. The quantitative estimate of drug-likeness (QED) is 0.497. The summed E-state index contributed by atoms with van der Waals surface area (Å²) in [5.41, 5.74) is 3.29. The van der Waals surface area contributed by atoms with E-state index in [0.717, 1.165) is 49.0 Å². The van der Waals surface area contributed by atoms with E-state index in [0.29, 0.717) is 13.1 Å². The van der Waals surface area contributed by atoms with Crippen LogP contribution in [0.1, 0.15) is 11.1 Å². The molecule has 2 aromatic carbocycles. The van der Waals surface area contributed by atoms with Crippen molar-refractivity contribution in [1.82, 2.24) is 14.8 Å².